The summed E-state index contributed by atoms with van der Waals surface area (Å²) in [6, 6.07) is 1.64. The highest BCUT2D eigenvalue weighted by Crippen LogP contribution is 2.19. The van der Waals surface area contributed by atoms with Crippen LogP contribution < -0.4 is 16.4 Å². The molecule has 0 heterocycles. The fraction of sp³-hybridized carbons (Fsp3) is 0.385. The van der Waals surface area contributed by atoms with Crippen LogP contribution in [0.5, 0.6) is 0 Å². The Hall–Kier alpha value is -2.25. The zero-order valence-corrected chi connectivity index (χ0v) is 11.7. The lowest BCUT2D eigenvalue weighted by Gasteiger charge is -2.08. The molecule has 0 aliphatic rings. The Balaban J connectivity index is 2.58. The Labute approximate surface area is 120 Å². The van der Waals surface area contributed by atoms with Crippen LogP contribution in [0, 0.1) is 23.4 Å². The molecule has 116 valence electrons. The van der Waals surface area contributed by atoms with Gasteiger partial charge in [0, 0.05) is 6.54 Å². The van der Waals surface area contributed by atoms with Gasteiger partial charge in [0.25, 0.3) is 0 Å². The third kappa shape index (κ3) is 5.33. The third-order valence-electron chi connectivity index (χ3n) is 2.39. The Morgan fingerprint density at radius 2 is 1.95 bits per heavy atom. The number of carbonyl (C=O) groups excluding carboxylic acids is 1. The van der Waals surface area contributed by atoms with Gasteiger partial charge in [0.2, 0.25) is 5.91 Å². The van der Waals surface area contributed by atoms with Gasteiger partial charge in [-0.3, -0.25) is 4.79 Å². The second kappa shape index (κ2) is 7.51. The van der Waals surface area contributed by atoms with Crippen molar-refractivity contribution in [3.63, 3.8) is 0 Å². The summed E-state index contributed by atoms with van der Waals surface area (Å²) in [5.74, 6) is -4.71. The van der Waals surface area contributed by atoms with Gasteiger partial charge in [-0.25, -0.2) is 18.2 Å². The summed E-state index contributed by atoms with van der Waals surface area (Å²) in [6.07, 6.45) is 0. The molecule has 8 heteroatoms. The van der Waals surface area contributed by atoms with Crippen LogP contribution in [0.4, 0.5) is 18.9 Å². The SMILES string of the molecule is CC(C)CNC(N)=NCC(=O)Nc1ccc(F)c(F)c1F. The molecular formula is C13H17F3N4O. The summed E-state index contributed by atoms with van der Waals surface area (Å²) in [4.78, 5) is 15.3. The molecule has 0 atom stereocenters. The topological polar surface area (TPSA) is 79.5 Å². The first kappa shape index (κ1) is 16.8. The van der Waals surface area contributed by atoms with E-state index >= 15 is 0 Å². The Kier molecular flexibility index (Phi) is 6.01. The minimum absolute atomic E-state index is 0.0737. The van der Waals surface area contributed by atoms with Gasteiger partial charge in [-0.2, -0.15) is 0 Å². The van der Waals surface area contributed by atoms with Gasteiger partial charge < -0.3 is 16.4 Å². The molecule has 0 spiro atoms. The molecule has 1 amide bonds. The number of hydrogen-bond donors (Lipinski definition) is 3. The highest BCUT2D eigenvalue weighted by atomic mass is 19.2. The molecule has 0 saturated heterocycles. The van der Waals surface area contributed by atoms with E-state index in [1.807, 2.05) is 13.8 Å². The molecule has 0 radical (unpaired) electrons. The Morgan fingerprint density at radius 3 is 2.57 bits per heavy atom. The van der Waals surface area contributed by atoms with E-state index < -0.39 is 29.0 Å². The molecule has 1 aromatic rings. The normalized spacial score (nSPS) is 11.6. The average molecular weight is 302 g/mol. The lowest BCUT2D eigenvalue weighted by molar-refractivity contribution is -0.114. The molecule has 5 nitrogen and oxygen atoms in total. The Morgan fingerprint density at radius 1 is 1.29 bits per heavy atom. The van der Waals surface area contributed by atoms with Crippen molar-refractivity contribution in [3.05, 3.63) is 29.6 Å². The first-order valence-electron chi connectivity index (χ1n) is 6.28. The summed E-state index contributed by atoms with van der Waals surface area (Å²) in [7, 11) is 0. The van der Waals surface area contributed by atoms with E-state index in [-0.39, 0.29) is 12.5 Å². The average Bonchev–Trinajstić information content (AvgIpc) is 2.43. The predicted octanol–water partition coefficient (Wildman–Crippen LogP) is 1.60. The van der Waals surface area contributed by atoms with Crippen molar-refractivity contribution >= 4 is 17.6 Å². The van der Waals surface area contributed by atoms with Gasteiger partial charge in [0.1, 0.15) is 6.54 Å². The lowest BCUT2D eigenvalue weighted by atomic mass is 10.2. The van der Waals surface area contributed by atoms with Gasteiger partial charge in [-0.1, -0.05) is 13.8 Å². The molecular weight excluding hydrogens is 285 g/mol. The summed E-state index contributed by atoms with van der Waals surface area (Å²) in [5.41, 5.74) is 5.06. The molecule has 0 fully saturated rings. The van der Waals surface area contributed by atoms with E-state index in [4.69, 9.17) is 5.73 Å². The van der Waals surface area contributed by atoms with Crippen molar-refractivity contribution in [1.29, 1.82) is 0 Å². The van der Waals surface area contributed by atoms with Crippen molar-refractivity contribution in [2.24, 2.45) is 16.6 Å². The van der Waals surface area contributed by atoms with Crippen LogP contribution in [-0.4, -0.2) is 25.0 Å². The number of halogens is 3. The highest BCUT2D eigenvalue weighted by Gasteiger charge is 2.14. The van der Waals surface area contributed by atoms with Crippen LogP contribution in [0.2, 0.25) is 0 Å². The fourth-order valence-electron chi connectivity index (χ4n) is 1.33. The molecule has 1 rings (SSSR count). The molecule has 0 unspecified atom stereocenters. The molecule has 0 aliphatic carbocycles. The van der Waals surface area contributed by atoms with E-state index in [9.17, 15) is 18.0 Å². The maximum Gasteiger partial charge on any atom is 0.246 e. The van der Waals surface area contributed by atoms with Gasteiger partial charge in [0.05, 0.1) is 5.69 Å². The summed E-state index contributed by atoms with van der Waals surface area (Å²) >= 11 is 0. The monoisotopic (exact) mass is 302 g/mol. The fourth-order valence-corrected chi connectivity index (χ4v) is 1.33. The number of amides is 1. The molecule has 0 aliphatic heterocycles. The number of nitrogens with two attached hydrogens (primary N) is 1. The van der Waals surface area contributed by atoms with E-state index in [1.54, 1.807) is 0 Å². The number of nitrogens with zero attached hydrogens (tertiary/aromatic N) is 1. The summed E-state index contributed by atoms with van der Waals surface area (Å²) in [6.45, 7) is 4.17. The van der Waals surface area contributed by atoms with Crippen LogP contribution in [0.25, 0.3) is 0 Å². The number of guanidine groups is 1. The molecule has 0 bridgehead atoms. The van der Waals surface area contributed by atoms with Crippen LogP contribution in [-0.2, 0) is 4.79 Å². The summed E-state index contributed by atoms with van der Waals surface area (Å²) < 4.78 is 39.0. The van der Waals surface area contributed by atoms with Crippen LogP contribution in [0.15, 0.2) is 17.1 Å². The Bertz CT molecular complexity index is 546. The zero-order valence-electron chi connectivity index (χ0n) is 11.7. The third-order valence-corrected chi connectivity index (χ3v) is 2.39. The number of carbonyl (C=O) groups is 1. The first-order chi connectivity index (χ1) is 9.81. The van der Waals surface area contributed by atoms with Crippen molar-refractivity contribution in [1.82, 2.24) is 5.32 Å². The van der Waals surface area contributed by atoms with Gasteiger partial charge in [-0.15, -0.1) is 0 Å². The van der Waals surface area contributed by atoms with Crippen LogP contribution >= 0.6 is 0 Å². The second-order valence-corrected chi connectivity index (χ2v) is 4.75. The molecule has 21 heavy (non-hydrogen) atoms. The van der Waals surface area contributed by atoms with Crippen LogP contribution in [0.1, 0.15) is 13.8 Å². The maximum absolute atomic E-state index is 13.3. The van der Waals surface area contributed by atoms with E-state index in [2.05, 4.69) is 15.6 Å². The standard InChI is InChI=1S/C13H17F3N4O/c1-7(2)5-18-13(17)19-6-10(21)20-9-4-3-8(14)11(15)12(9)16/h3-4,7H,5-6H2,1-2H3,(H,20,21)(H3,17,18,19). The van der Waals surface area contributed by atoms with E-state index in [0.29, 0.717) is 12.5 Å². The number of anilines is 1. The highest BCUT2D eigenvalue weighted by molar-refractivity contribution is 5.94. The van der Waals surface area contributed by atoms with Gasteiger partial charge in [-0.05, 0) is 18.1 Å². The van der Waals surface area contributed by atoms with E-state index in [1.165, 1.54) is 0 Å². The van der Waals surface area contributed by atoms with Crippen molar-refractivity contribution < 1.29 is 18.0 Å². The molecule has 0 saturated carbocycles. The van der Waals surface area contributed by atoms with Gasteiger partial charge >= 0.3 is 0 Å². The molecule has 1 aromatic carbocycles. The van der Waals surface area contributed by atoms with E-state index in [0.717, 1.165) is 12.1 Å². The number of hydrogen-bond acceptors (Lipinski definition) is 2. The number of aliphatic imine (C=N–C) groups is 1. The summed E-state index contributed by atoms with van der Waals surface area (Å²) in [5, 5.41) is 4.88. The van der Waals surface area contributed by atoms with Crippen molar-refractivity contribution in [2.75, 3.05) is 18.4 Å². The maximum atomic E-state index is 13.3. The van der Waals surface area contributed by atoms with Gasteiger partial charge in [0.15, 0.2) is 23.4 Å². The lowest BCUT2D eigenvalue weighted by Crippen LogP contribution is -2.35. The molecule has 0 aromatic heterocycles. The predicted molar refractivity (Wildman–Crippen MR) is 74.3 cm³/mol. The largest absolute Gasteiger partial charge is 0.370 e. The number of benzene rings is 1. The zero-order chi connectivity index (χ0) is 16.0. The minimum atomic E-state index is -1.64. The first-order valence-corrected chi connectivity index (χ1v) is 6.28. The quantitative estimate of drug-likeness (QED) is 0.439. The van der Waals surface area contributed by atoms with Crippen molar-refractivity contribution in [2.45, 2.75) is 13.8 Å². The van der Waals surface area contributed by atoms with Crippen LogP contribution in [0.3, 0.4) is 0 Å². The second-order valence-electron chi connectivity index (χ2n) is 4.75. The smallest absolute Gasteiger partial charge is 0.246 e. The number of nitrogens with one attached hydrogen (secondary N) is 2. The minimum Gasteiger partial charge on any atom is -0.370 e. The molecule has 4 N–H and O–H groups in total. The number of rotatable bonds is 5. The van der Waals surface area contributed by atoms with Crippen molar-refractivity contribution in [3.8, 4) is 0 Å².